The van der Waals surface area contributed by atoms with Crippen molar-refractivity contribution in [2.45, 2.75) is 39.7 Å². The van der Waals surface area contributed by atoms with Gasteiger partial charge in [-0.15, -0.1) is 0 Å². The number of carboxylic acids is 1. The second-order valence-corrected chi connectivity index (χ2v) is 6.59. The summed E-state index contributed by atoms with van der Waals surface area (Å²) in [5.74, 6) is -1.76. The molecule has 0 spiro atoms. The Bertz CT molecular complexity index is 761. The number of amides is 2. The normalized spacial score (nSPS) is 15.4. The highest BCUT2D eigenvalue weighted by atomic mass is 16.5. The monoisotopic (exact) mass is 376 g/mol. The lowest BCUT2D eigenvalue weighted by Gasteiger charge is -2.30. The number of anilines is 1. The molecule has 2 N–H and O–H groups in total. The SMILES string of the molecule is CCC(C)C(NC(=O)CCN1C(=O)COc2ccc(C(C)=O)cc21)C(=O)O. The first-order chi connectivity index (χ1) is 12.7. The van der Waals surface area contributed by atoms with Gasteiger partial charge in [-0.1, -0.05) is 20.3 Å². The van der Waals surface area contributed by atoms with Gasteiger partial charge in [-0.05, 0) is 31.0 Å². The van der Waals surface area contributed by atoms with Gasteiger partial charge < -0.3 is 20.1 Å². The molecule has 8 nitrogen and oxygen atoms in total. The Hall–Kier alpha value is -2.90. The van der Waals surface area contributed by atoms with Crippen molar-refractivity contribution in [3.63, 3.8) is 0 Å². The van der Waals surface area contributed by atoms with Crippen LogP contribution in [0.4, 0.5) is 5.69 Å². The minimum Gasteiger partial charge on any atom is -0.482 e. The summed E-state index contributed by atoms with van der Waals surface area (Å²) in [6.07, 6.45) is 0.552. The second-order valence-electron chi connectivity index (χ2n) is 6.59. The number of aliphatic carboxylic acids is 1. The van der Waals surface area contributed by atoms with Crippen molar-refractivity contribution in [3.05, 3.63) is 23.8 Å². The van der Waals surface area contributed by atoms with Crippen molar-refractivity contribution in [1.29, 1.82) is 0 Å². The van der Waals surface area contributed by atoms with Crippen LogP contribution in [0.5, 0.6) is 5.75 Å². The zero-order valence-electron chi connectivity index (χ0n) is 15.7. The van der Waals surface area contributed by atoms with Crippen molar-refractivity contribution in [3.8, 4) is 5.75 Å². The average Bonchev–Trinajstić information content (AvgIpc) is 2.63. The smallest absolute Gasteiger partial charge is 0.326 e. The summed E-state index contributed by atoms with van der Waals surface area (Å²) < 4.78 is 5.37. The van der Waals surface area contributed by atoms with Crippen LogP contribution in [-0.2, 0) is 14.4 Å². The van der Waals surface area contributed by atoms with E-state index in [2.05, 4.69) is 5.32 Å². The molecule has 27 heavy (non-hydrogen) atoms. The molecule has 0 bridgehead atoms. The predicted octanol–water partition coefficient (Wildman–Crippen LogP) is 1.62. The van der Waals surface area contributed by atoms with Gasteiger partial charge in [0.15, 0.2) is 12.4 Å². The van der Waals surface area contributed by atoms with E-state index in [0.717, 1.165) is 0 Å². The summed E-state index contributed by atoms with van der Waals surface area (Å²) in [5.41, 5.74) is 0.868. The van der Waals surface area contributed by atoms with E-state index >= 15 is 0 Å². The fourth-order valence-electron chi connectivity index (χ4n) is 2.81. The molecule has 1 aromatic rings. The van der Waals surface area contributed by atoms with E-state index in [0.29, 0.717) is 23.4 Å². The molecule has 2 unspecified atom stereocenters. The number of ether oxygens (including phenoxy) is 1. The number of benzene rings is 1. The molecule has 0 radical (unpaired) electrons. The van der Waals surface area contributed by atoms with E-state index in [1.165, 1.54) is 11.8 Å². The molecule has 1 heterocycles. The lowest BCUT2D eigenvalue weighted by Crippen LogP contribution is -2.46. The number of nitrogens with zero attached hydrogens (tertiary/aromatic N) is 1. The van der Waals surface area contributed by atoms with E-state index in [4.69, 9.17) is 4.74 Å². The molecule has 1 aliphatic rings. The Balaban J connectivity index is 2.10. The van der Waals surface area contributed by atoms with Crippen LogP contribution in [0.3, 0.4) is 0 Å². The lowest BCUT2D eigenvalue weighted by molar-refractivity contribution is -0.143. The van der Waals surface area contributed by atoms with Crippen molar-refractivity contribution in [2.75, 3.05) is 18.1 Å². The third kappa shape index (κ3) is 4.84. The predicted molar refractivity (Wildman–Crippen MR) is 97.9 cm³/mol. The number of rotatable bonds is 8. The zero-order chi connectivity index (χ0) is 20.1. The number of carbonyl (C=O) groups excluding carboxylic acids is 3. The van der Waals surface area contributed by atoms with Crippen molar-refractivity contribution >= 4 is 29.3 Å². The van der Waals surface area contributed by atoms with Crippen molar-refractivity contribution in [2.24, 2.45) is 5.92 Å². The molecule has 0 aliphatic carbocycles. The number of nitrogens with one attached hydrogen (secondary N) is 1. The maximum absolute atomic E-state index is 12.2. The molecular weight excluding hydrogens is 352 g/mol. The van der Waals surface area contributed by atoms with E-state index in [-0.39, 0.29) is 37.2 Å². The first-order valence-electron chi connectivity index (χ1n) is 8.84. The summed E-state index contributed by atoms with van der Waals surface area (Å²) in [6.45, 7) is 4.94. The third-order valence-corrected chi connectivity index (χ3v) is 4.67. The molecular formula is C19H24N2O6. The molecule has 0 aromatic heterocycles. The highest BCUT2D eigenvalue weighted by Gasteiger charge is 2.28. The number of carbonyl (C=O) groups is 4. The van der Waals surface area contributed by atoms with Crippen LogP contribution in [0.2, 0.25) is 0 Å². The molecule has 2 rings (SSSR count). The van der Waals surface area contributed by atoms with Gasteiger partial charge >= 0.3 is 5.97 Å². The van der Waals surface area contributed by atoms with Crippen LogP contribution in [0.1, 0.15) is 44.0 Å². The van der Waals surface area contributed by atoms with Crippen LogP contribution >= 0.6 is 0 Å². The van der Waals surface area contributed by atoms with Crippen LogP contribution in [0.25, 0.3) is 0 Å². The molecule has 1 aliphatic heterocycles. The fraction of sp³-hybridized carbons (Fsp3) is 0.474. The van der Waals surface area contributed by atoms with Gasteiger partial charge in [-0.2, -0.15) is 0 Å². The summed E-state index contributed by atoms with van der Waals surface area (Å²) in [7, 11) is 0. The van der Waals surface area contributed by atoms with Gasteiger partial charge in [0, 0.05) is 18.5 Å². The Morgan fingerprint density at radius 2 is 2.04 bits per heavy atom. The molecule has 2 atom stereocenters. The molecule has 0 fully saturated rings. The first kappa shape index (κ1) is 20.4. The number of hydrogen-bond donors (Lipinski definition) is 2. The summed E-state index contributed by atoms with van der Waals surface area (Å²) in [4.78, 5) is 48.8. The largest absolute Gasteiger partial charge is 0.482 e. The van der Waals surface area contributed by atoms with Gasteiger partial charge in [-0.3, -0.25) is 14.4 Å². The Morgan fingerprint density at radius 3 is 2.63 bits per heavy atom. The standard InChI is InChI=1S/C19H24N2O6/c1-4-11(2)18(19(25)26)20-16(23)7-8-21-14-9-13(12(3)22)5-6-15(14)27-10-17(21)24/h5-6,9,11,18H,4,7-8,10H2,1-3H3,(H,20,23)(H,25,26). The van der Waals surface area contributed by atoms with Crippen molar-refractivity contribution in [1.82, 2.24) is 5.32 Å². The fourth-order valence-corrected chi connectivity index (χ4v) is 2.81. The summed E-state index contributed by atoms with van der Waals surface area (Å²) in [6, 6.07) is 3.83. The van der Waals surface area contributed by atoms with E-state index in [1.807, 2.05) is 6.92 Å². The Morgan fingerprint density at radius 1 is 1.33 bits per heavy atom. The minimum absolute atomic E-state index is 0.0598. The van der Waals surface area contributed by atoms with E-state index < -0.39 is 17.9 Å². The molecule has 146 valence electrons. The number of hydrogen-bond acceptors (Lipinski definition) is 5. The van der Waals surface area contributed by atoms with Crippen molar-refractivity contribution < 1.29 is 29.0 Å². The third-order valence-electron chi connectivity index (χ3n) is 4.67. The van der Waals surface area contributed by atoms with Gasteiger partial charge in [-0.25, -0.2) is 4.79 Å². The molecule has 1 aromatic carbocycles. The molecule has 8 heteroatoms. The van der Waals surface area contributed by atoms with Gasteiger partial charge in [0.05, 0.1) is 5.69 Å². The highest BCUT2D eigenvalue weighted by Crippen LogP contribution is 2.33. The van der Waals surface area contributed by atoms with Crippen LogP contribution < -0.4 is 15.0 Å². The van der Waals surface area contributed by atoms with Crippen LogP contribution in [-0.4, -0.2) is 47.9 Å². The van der Waals surface area contributed by atoms with Gasteiger partial charge in [0.25, 0.3) is 5.91 Å². The molecule has 0 saturated carbocycles. The molecule has 0 saturated heterocycles. The number of Topliss-reactive ketones (excluding diaryl/α,β-unsaturated/α-hetero) is 1. The zero-order valence-corrected chi connectivity index (χ0v) is 15.7. The quantitative estimate of drug-likeness (QED) is 0.667. The first-order valence-corrected chi connectivity index (χ1v) is 8.84. The Labute approximate surface area is 157 Å². The number of fused-ring (bicyclic) bond motifs is 1. The lowest BCUT2D eigenvalue weighted by atomic mass is 9.99. The summed E-state index contributed by atoms with van der Waals surface area (Å²) >= 11 is 0. The summed E-state index contributed by atoms with van der Waals surface area (Å²) in [5, 5.41) is 11.8. The second kappa shape index (κ2) is 8.66. The topological polar surface area (TPSA) is 113 Å². The highest BCUT2D eigenvalue weighted by molar-refractivity contribution is 6.01. The van der Waals surface area contributed by atoms with Crippen LogP contribution in [0, 0.1) is 5.92 Å². The average molecular weight is 376 g/mol. The maximum Gasteiger partial charge on any atom is 0.326 e. The van der Waals surface area contributed by atoms with Gasteiger partial charge in [0.2, 0.25) is 5.91 Å². The number of carboxylic acid groups (broad SMARTS) is 1. The van der Waals surface area contributed by atoms with Gasteiger partial charge in [0.1, 0.15) is 11.8 Å². The minimum atomic E-state index is -1.09. The Kier molecular flexibility index (Phi) is 6.55. The van der Waals surface area contributed by atoms with Crippen LogP contribution in [0.15, 0.2) is 18.2 Å². The maximum atomic E-state index is 12.2. The number of ketones is 1. The van der Waals surface area contributed by atoms with E-state index in [1.54, 1.807) is 25.1 Å². The van der Waals surface area contributed by atoms with E-state index in [9.17, 15) is 24.3 Å². The molecule has 2 amide bonds.